The van der Waals surface area contributed by atoms with Crippen molar-refractivity contribution in [2.75, 3.05) is 6.54 Å². The molecule has 3 heterocycles. The van der Waals surface area contributed by atoms with E-state index in [9.17, 15) is 4.79 Å². The number of aromatic nitrogens is 4. The Kier molecular flexibility index (Phi) is 5.70. The molecule has 0 saturated carbocycles. The fourth-order valence-corrected chi connectivity index (χ4v) is 2.95. The highest BCUT2D eigenvalue weighted by atomic mass is 35.5. The average Bonchev–Trinajstić information content (AvgIpc) is 3.27. The lowest BCUT2D eigenvalue weighted by Gasteiger charge is -2.13. The quantitative estimate of drug-likeness (QED) is 0.713. The average molecular weight is 373 g/mol. The summed E-state index contributed by atoms with van der Waals surface area (Å²) in [6.45, 7) is 3.70. The van der Waals surface area contributed by atoms with E-state index in [1.165, 1.54) is 0 Å². The lowest BCUT2D eigenvalue weighted by molar-refractivity contribution is 0.0950. The van der Waals surface area contributed by atoms with Gasteiger partial charge in [0.2, 0.25) is 0 Å². The van der Waals surface area contributed by atoms with Crippen molar-refractivity contribution in [3.05, 3.63) is 71.3 Å². The van der Waals surface area contributed by atoms with Crippen LogP contribution in [0.5, 0.6) is 0 Å². The Morgan fingerprint density at radius 3 is 2.92 bits per heavy atom. The smallest absolute Gasteiger partial charge is 0.254 e. The highest BCUT2D eigenvalue weighted by Crippen LogP contribution is 2.08. The van der Waals surface area contributed by atoms with Crippen molar-refractivity contribution in [2.24, 2.45) is 0 Å². The van der Waals surface area contributed by atoms with Gasteiger partial charge < -0.3 is 10.6 Å². The number of nitrogens with one attached hydrogen (secondary N) is 2. The van der Waals surface area contributed by atoms with E-state index in [0.717, 1.165) is 36.6 Å². The highest BCUT2D eigenvalue weighted by Gasteiger charge is 2.13. The SMILES string of the molecule is Cl.O=C(NCc1cc2n(n1)CCNC2)c1cnn(Cc2ccccc2)c1. The summed E-state index contributed by atoms with van der Waals surface area (Å²) >= 11 is 0. The van der Waals surface area contributed by atoms with Crippen LogP contribution in [-0.2, 0) is 26.2 Å². The van der Waals surface area contributed by atoms with Crippen molar-refractivity contribution < 1.29 is 4.79 Å². The third-order valence-electron chi connectivity index (χ3n) is 4.23. The number of hydrogen-bond donors (Lipinski definition) is 2. The minimum absolute atomic E-state index is 0. The maximum atomic E-state index is 12.3. The molecule has 0 saturated heterocycles. The van der Waals surface area contributed by atoms with Crippen LogP contribution in [0.4, 0.5) is 0 Å². The molecule has 1 amide bonds. The molecule has 1 aromatic carbocycles. The lowest BCUT2D eigenvalue weighted by atomic mass is 10.2. The van der Waals surface area contributed by atoms with Crippen LogP contribution in [0, 0.1) is 0 Å². The standard InChI is InChI=1S/C18H20N6O.ClH/c25-18(20-10-16-8-17-11-19-6-7-24(17)22-16)15-9-21-23(13-15)12-14-4-2-1-3-5-14;/h1-5,8-9,13,19H,6-7,10-12H2,(H,20,25);1H. The summed E-state index contributed by atoms with van der Waals surface area (Å²) in [5.74, 6) is -0.136. The molecule has 1 aliphatic heterocycles. The van der Waals surface area contributed by atoms with E-state index in [4.69, 9.17) is 0 Å². The fourth-order valence-electron chi connectivity index (χ4n) is 2.95. The van der Waals surface area contributed by atoms with Gasteiger partial charge in [0, 0.05) is 19.3 Å². The third-order valence-corrected chi connectivity index (χ3v) is 4.23. The molecule has 2 N–H and O–H groups in total. The van der Waals surface area contributed by atoms with E-state index in [1.807, 2.05) is 41.1 Å². The Morgan fingerprint density at radius 1 is 1.27 bits per heavy atom. The van der Waals surface area contributed by atoms with Crippen LogP contribution in [0.15, 0.2) is 48.8 Å². The van der Waals surface area contributed by atoms with E-state index < -0.39 is 0 Å². The van der Waals surface area contributed by atoms with E-state index in [-0.39, 0.29) is 18.3 Å². The maximum absolute atomic E-state index is 12.3. The van der Waals surface area contributed by atoms with Crippen LogP contribution in [0.1, 0.15) is 27.3 Å². The van der Waals surface area contributed by atoms with E-state index in [1.54, 1.807) is 17.1 Å². The molecule has 8 heteroatoms. The second-order valence-electron chi connectivity index (χ2n) is 6.12. The number of fused-ring (bicyclic) bond motifs is 1. The number of nitrogens with zero attached hydrogens (tertiary/aromatic N) is 4. The number of carbonyl (C=O) groups excluding carboxylic acids is 1. The Labute approximate surface area is 157 Å². The summed E-state index contributed by atoms with van der Waals surface area (Å²) in [7, 11) is 0. The second-order valence-corrected chi connectivity index (χ2v) is 6.12. The van der Waals surface area contributed by atoms with Crippen molar-refractivity contribution in [1.29, 1.82) is 0 Å². The van der Waals surface area contributed by atoms with Crippen LogP contribution in [0.25, 0.3) is 0 Å². The molecule has 1 aliphatic rings. The number of rotatable bonds is 5. The summed E-state index contributed by atoms with van der Waals surface area (Å²) < 4.78 is 3.77. The van der Waals surface area contributed by atoms with Gasteiger partial charge in [-0.05, 0) is 11.6 Å². The zero-order chi connectivity index (χ0) is 17.1. The Morgan fingerprint density at radius 2 is 2.12 bits per heavy atom. The molecule has 0 bridgehead atoms. The topological polar surface area (TPSA) is 76.8 Å². The molecule has 136 valence electrons. The van der Waals surface area contributed by atoms with Crippen molar-refractivity contribution in [1.82, 2.24) is 30.2 Å². The number of hydrogen-bond acceptors (Lipinski definition) is 4. The van der Waals surface area contributed by atoms with Gasteiger partial charge in [0.05, 0.1) is 42.8 Å². The first-order valence-corrected chi connectivity index (χ1v) is 8.39. The number of carbonyl (C=O) groups is 1. The van der Waals surface area contributed by atoms with Crippen LogP contribution < -0.4 is 10.6 Å². The molecular weight excluding hydrogens is 352 g/mol. The number of amides is 1. The predicted molar refractivity (Wildman–Crippen MR) is 100 cm³/mol. The van der Waals surface area contributed by atoms with E-state index in [2.05, 4.69) is 20.8 Å². The van der Waals surface area contributed by atoms with Gasteiger partial charge in [0.15, 0.2) is 0 Å². The Bertz CT molecular complexity index is 849. The van der Waals surface area contributed by atoms with Gasteiger partial charge in [-0.3, -0.25) is 14.2 Å². The summed E-state index contributed by atoms with van der Waals surface area (Å²) in [4.78, 5) is 12.3. The Hall–Kier alpha value is -2.64. The minimum atomic E-state index is -0.136. The predicted octanol–water partition coefficient (Wildman–Crippen LogP) is 1.58. The molecule has 3 aromatic rings. The highest BCUT2D eigenvalue weighted by molar-refractivity contribution is 5.93. The van der Waals surface area contributed by atoms with Gasteiger partial charge in [0.25, 0.3) is 5.91 Å². The molecule has 0 spiro atoms. The van der Waals surface area contributed by atoms with Crippen molar-refractivity contribution in [3.8, 4) is 0 Å². The minimum Gasteiger partial charge on any atom is -0.346 e. The molecular formula is C18H21ClN6O. The van der Waals surface area contributed by atoms with E-state index in [0.29, 0.717) is 18.7 Å². The normalized spacial score (nSPS) is 12.9. The third kappa shape index (κ3) is 4.12. The second kappa shape index (κ2) is 8.16. The summed E-state index contributed by atoms with van der Waals surface area (Å²) in [5.41, 5.74) is 3.74. The molecule has 26 heavy (non-hydrogen) atoms. The lowest BCUT2D eigenvalue weighted by Crippen LogP contribution is -2.28. The van der Waals surface area contributed by atoms with Gasteiger partial charge in [-0.1, -0.05) is 30.3 Å². The van der Waals surface area contributed by atoms with Crippen LogP contribution in [0.2, 0.25) is 0 Å². The van der Waals surface area contributed by atoms with Crippen molar-refractivity contribution >= 4 is 18.3 Å². The van der Waals surface area contributed by atoms with Gasteiger partial charge in [-0.15, -0.1) is 12.4 Å². The number of halogens is 1. The van der Waals surface area contributed by atoms with Crippen LogP contribution in [-0.4, -0.2) is 32.0 Å². The zero-order valence-electron chi connectivity index (χ0n) is 14.3. The van der Waals surface area contributed by atoms with Gasteiger partial charge in [0.1, 0.15) is 0 Å². The first-order chi connectivity index (χ1) is 12.3. The largest absolute Gasteiger partial charge is 0.346 e. The molecule has 0 unspecified atom stereocenters. The zero-order valence-corrected chi connectivity index (χ0v) is 15.1. The molecule has 0 aliphatic carbocycles. The maximum Gasteiger partial charge on any atom is 0.254 e. The molecule has 4 rings (SSSR count). The van der Waals surface area contributed by atoms with Gasteiger partial charge >= 0.3 is 0 Å². The fraction of sp³-hybridized carbons (Fsp3) is 0.278. The van der Waals surface area contributed by atoms with Crippen molar-refractivity contribution in [2.45, 2.75) is 26.2 Å². The summed E-state index contributed by atoms with van der Waals surface area (Å²) in [6, 6.07) is 12.1. The molecule has 0 radical (unpaired) electrons. The van der Waals surface area contributed by atoms with Gasteiger partial charge in [-0.25, -0.2) is 0 Å². The molecule has 0 atom stereocenters. The monoisotopic (exact) mass is 372 g/mol. The molecule has 0 fully saturated rings. The van der Waals surface area contributed by atoms with Crippen molar-refractivity contribution in [3.63, 3.8) is 0 Å². The van der Waals surface area contributed by atoms with Gasteiger partial charge in [-0.2, -0.15) is 10.2 Å². The first-order valence-electron chi connectivity index (χ1n) is 8.39. The number of benzene rings is 1. The molecule has 7 nitrogen and oxygen atoms in total. The van der Waals surface area contributed by atoms with Crippen LogP contribution in [0.3, 0.4) is 0 Å². The summed E-state index contributed by atoms with van der Waals surface area (Å²) in [6.07, 6.45) is 3.37. The Balaban J connectivity index is 0.00000196. The molecule has 2 aromatic heterocycles. The van der Waals surface area contributed by atoms with E-state index >= 15 is 0 Å². The van der Waals surface area contributed by atoms with Crippen LogP contribution >= 0.6 is 12.4 Å². The first kappa shape index (κ1) is 18.2. The summed E-state index contributed by atoms with van der Waals surface area (Å²) in [5, 5.41) is 15.0.